The molecule has 5 heteroatoms. The molecule has 0 bridgehead atoms. The van der Waals surface area contributed by atoms with E-state index < -0.39 is 18.3 Å². The van der Waals surface area contributed by atoms with Gasteiger partial charge in [0.25, 0.3) is 0 Å². The molecule has 1 fully saturated rings. The highest BCUT2D eigenvalue weighted by Gasteiger charge is 2.42. The molecule has 0 aromatic heterocycles. The van der Waals surface area contributed by atoms with Gasteiger partial charge in [-0.05, 0) is 12.3 Å². The minimum Gasteiger partial charge on any atom is -0.382 e. The second-order valence-electron chi connectivity index (χ2n) is 4.39. The summed E-state index contributed by atoms with van der Waals surface area (Å²) >= 11 is 0. The van der Waals surface area contributed by atoms with Crippen LogP contribution < -0.4 is 5.73 Å². The third kappa shape index (κ3) is 3.99. The molecule has 0 saturated heterocycles. The number of alkyl halides is 3. The molecule has 2 atom stereocenters. The van der Waals surface area contributed by atoms with E-state index >= 15 is 0 Å². The lowest BCUT2D eigenvalue weighted by molar-refractivity contribution is -0.210. The van der Waals surface area contributed by atoms with Crippen LogP contribution in [0.5, 0.6) is 0 Å². The van der Waals surface area contributed by atoms with Crippen LogP contribution in [-0.2, 0) is 0 Å². The van der Waals surface area contributed by atoms with Crippen LogP contribution in [0.4, 0.5) is 13.2 Å². The lowest BCUT2D eigenvalue weighted by Crippen LogP contribution is -2.46. The van der Waals surface area contributed by atoms with Gasteiger partial charge in [0.15, 0.2) is 6.10 Å². The summed E-state index contributed by atoms with van der Waals surface area (Å²) in [5.74, 6) is 0.255. The van der Waals surface area contributed by atoms with Crippen LogP contribution in [0.1, 0.15) is 38.5 Å². The van der Waals surface area contributed by atoms with Gasteiger partial charge in [-0.25, -0.2) is 0 Å². The van der Waals surface area contributed by atoms with Gasteiger partial charge in [0, 0.05) is 6.04 Å². The number of hydrogen-bond donors (Lipinski definition) is 2. The molecule has 0 aromatic rings. The van der Waals surface area contributed by atoms with Crippen molar-refractivity contribution in [1.29, 1.82) is 0 Å². The van der Waals surface area contributed by atoms with Gasteiger partial charge in [0.1, 0.15) is 0 Å². The number of nitrogens with two attached hydrogens (primary N) is 1. The lowest BCUT2D eigenvalue weighted by Gasteiger charge is -2.27. The van der Waals surface area contributed by atoms with Gasteiger partial charge in [-0.3, -0.25) is 0 Å². The predicted octanol–water partition coefficient (Wildman–Crippen LogP) is 2.21. The first kappa shape index (κ1) is 12.8. The summed E-state index contributed by atoms with van der Waals surface area (Å²) in [5, 5.41) is 8.93. The van der Waals surface area contributed by atoms with Gasteiger partial charge < -0.3 is 10.8 Å². The number of hydrogen-bond acceptors (Lipinski definition) is 2. The average Bonchev–Trinajstić information content (AvgIpc) is 2.16. The van der Waals surface area contributed by atoms with E-state index in [4.69, 9.17) is 10.8 Å². The van der Waals surface area contributed by atoms with Crippen molar-refractivity contribution in [3.63, 3.8) is 0 Å². The largest absolute Gasteiger partial charge is 0.415 e. The van der Waals surface area contributed by atoms with Gasteiger partial charge in [-0.15, -0.1) is 0 Å². The Morgan fingerprint density at radius 2 is 1.73 bits per heavy atom. The monoisotopic (exact) mass is 225 g/mol. The fourth-order valence-corrected chi connectivity index (χ4v) is 2.18. The highest BCUT2D eigenvalue weighted by Crippen LogP contribution is 2.30. The standard InChI is InChI=1S/C10H18F3NO/c11-10(12,13)9(15)8(14)6-7-4-2-1-3-5-7/h7-9,15H,1-6,14H2/t8-,9-/m1/s1. The molecule has 90 valence electrons. The zero-order valence-corrected chi connectivity index (χ0v) is 8.63. The third-order valence-corrected chi connectivity index (χ3v) is 3.07. The summed E-state index contributed by atoms with van der Waals surface area (Å²) in [6.07, 6.45) is -1.50. The van der Waals surface area contributed by atoms with E-state index in [2.05, 4.69) is 0 Å². The fraction of sp³-hybridized carbons (Fsp3) is 1.00. The summed E-state index contributed by atoms with van der Waals surface area (Å²) in [4.78, 5) is 0. The van der Waals surface area contributed by atoms with Crippen molar-refractivity contribution >= 4 is 0 Å². The average molecular weight is 225 g/mol. The normalized spacial score (nSPS) is 23.8. The molecule has 0 unspecified atom stereocenters. The molecule has 0 aromatic carbocycles. The minimum atomic E-state index is -4.59. The molecule has 1 saturated carbocycles. The molecule has 1 aliphatic rings. The molecule has 1 rings (SSSR count). The lowest BCUT2D eigenvalue weighted by atomic mass is 9.84. The van der Waals surface area contributed by atoms with Crippen molar-refractivity contribution < 1.29 is 18.3 Å². The van der Waals surface area contributed by atoms with Crippen molar-refractivity contribution in [3.8, 4) is 0 Å². The van der Waals surface area contributed by atoms with Crippen LogP contribution in [0, 0.1) is 5.92 Å². The van der Waals surface area contributed by atoms with Crippen LogP contribution in [0.2, 0.25) is 0 Å². The van der Waals surface area contributed by atoms with Gasteiger partial charge >= 0.3 is 6.18 Å². The Labute approximate surface area is 87.6 Å². The number of rotatable bonds is 3. The zero-order valence-electron chi connectivity index (χ0n) is 8.63. The second kappa shape index (κ2) is 5.16. The summed E-state index contributed by atoms with van der Waals surface area (Å²) in [7, 11) is 0. The van der Waals surface area contributed by atoms with Crippen LogP contribution in [0.3, 0.4) is 0 Å². The molecular formula is C10H18F3NO. The highest BCUT2D eigenvalue weighted by molar-refractivity contribution is 4.81. The van der Waals surface area contributed by atoms with Gasteiger partial charge in [-0.1, -0.05) is 32.1 Å². The maximum Gasteiger partial charge on any atom is 0.415 e. The minimum absolute atomic E-state index is 0.255. The molecule has 0 amide bonds. The maximum atomic E-state index is 12.1. The Hall–Kier alpha value is -0.290. The smallest absolute Gasteiger partial charge is 0.382 e. The summed E-state index contributed by atoms with van der Waals surface area (Å²) < 4.78 is 36.4. The van der Waals surface area contributed by atoms with E-state index in [0.29, 0.717) is 0 Å². The van der Waals surface area contributed by atoms with Gasteiger partial charge in [0.05, 0.1) is 0 Å². The first-order valence-electron chi connectivity index (χ1n) is 5.41. The predicted molar refractivity (Wildman–Crippen MR) is 51.2 cm³/mol. The van der Waals surface area contributed by atoms with E-state index in [0.717, 1.165) is 32.1 Å². The van der Waals surface area contributed by atoms with Crippen molar-refractivity contribution in [2.45, 2.75) is 56.8 Å². The highest BCUT2D eigenvalue weighted by atomic mass is 19.4. The number of aliphatic hydroxyl groups excluding tert-OH is 1. The van der Waals surface area contributed by atoms with Crippen LogP contribution >= 0.6 is 0 Å². The van der Waals surface area contributed by atoms with Crippen LogP contribution in [0.25, 0.3) is 0 Å². The van der Waals surface area contributed by atoms with E-state index in [9.17, 15) is 13.2 Å². The van der Waals surface area contributed by atoms with E-state index in [1.54, 1.807) is 0 Å². The Bertz CT molecular complexity index is 190. The van der Waals surface area contributed by atoms with Crippen molar-refractivity contribution in [2.24, 2.45) is 11.7 Å². The first-order valence-corrected chi connectivity index (χ1v) is 5.41. The van der Waals surface area contributed by atoms with Crippen molar-refractivity contribution in [1.82, 2.24) is 0 Å². The van der Waals surface area contributed by atoms with Crippen LogP contribution in [-0.4, -0.2) is 23.4 Å². The Morgan fingerprint density at radius 3 is 2.20 bits per heavy atom. The van der Waals surface area contributed by atoms with Gasteiger partial charge in [0.2, 0.25) is 0 Å². The molecule has 0 aliphatic heterocycles. The third-order valence-electron chi connectivity index (χ3n) is 3.07. The Morgan fingerprint density at radius 1 is 1.20 bits per heavy atom. The maximum absolute atomic E-state index is 12.1. The molecule has 0 heterocycles. The van der Waals surface area contributed by atoms with E-state index in [1.165, 1.54) is 0 Å². The topological polar surface area (TPSA) is 46.2 Å². The molecule has 3 N–H and O–H groups in total. The molecule has 0 spiro atoms. The molecule has 15 heavy (non-hydrogen) atoms. The fourth-order valence-electron chi connectivity index (χ4n) is 2.18. The second-order valence-corrected chi connectivity index (χ2v) is 4.39. The van der Waals surface area contributed by atoms with E-state index in [1.807, 2.05) is 0 Å². The molecule has 1 aliphatic carbocycles. The molecule has 2 nitrogen and oxygen atoms in total. The Kier molecular flexibility index (Phi) is 4.40. The summed E-state index contributed by atoms with van der Waals surface area (Å²) in [6.45, 7) is 0. The number of aliphatic hydroxyl groups is 1. The first-order chi connectivity index (χ1) is 6.91. The zero-order chi connectivity index (χ0) is 11.5. The molecular weight excluding hydrogens is 207 g/mol. The number of halogens is 3. The summed E-state index contributed by atoms with van der Waals surface area (Å²) in [6, 6.07) is -1.17. The Balaban J connectivity index is 2.36. The van der Waals surface area contributed by atoms with E-state index in [-0.39, 0.29) is 12.3 Å². The quantitative estimate of drug-likeness (QED) is 0.773. The SMILES string of the molecule is N[C@H](CC1CCCCC1)[C@@H](O)C(F)(F)F. The summed E-state index contributed by atoms with van der Waals surface area (Å²) in [5.41, 5.74) is 5.36. The molecule has 0 radical (unpaired) electrons. The van der Waals surface area contributed by atoms with Crippen molar-refractivity contribution in [3.05, 3.63) is 0 Å². The van der Waals surface area contributed by atoms with Crippen molar-refractivity contribution in [2.75, 3.05) is 0 Å². The van der Waals surface area contributed by atoms with Gasteiger partial charge in [-0.2, -0.15) is 13.2 Å². The van der Waals surface area contributed by atoms with Crippen LogP contribution in [0.15, 0.2) is 0 Å².